The second-order valence-corrected chi connectivity index (χ2v) is 7.22. The van der Waals surface area contributed by atoms with Crippen LogP contribution in [0.15, 0.2) is 18.3 Å². The molecule has 0 aromatic carbocycles. The van der Waals surface area contributed by atoms with Crippen molar-refractivity contribution in [3.8, 4) is 0 Å². The summed E-state index contributed by atoms with van der Waals surface area (Å²) in [6.07, 6.45) is 5.04. The third-order valence-electron chi connectivity index (χ3n) is 4.68. The van der Waals surface area contributed by atoms with Crippen LogP contribution >= 0.6 is 0 Å². The highest BCUT2D eigenvalue weighted by atomic mass is 19.1. The highest BCUT2D eigenvalue weighted by Crippen LogP contribution is 2.30. The van der Waals surface area contributed by atoms with Crippen LogP contribution in [0.1, 0.15) is 51.8 Å². The topological polar surface area (TPSA) is 42.1 Å². The first kappa shape index (κ1) is 16.4. The first-order chi connectivity index (χ1) is 9.87. The molecule has 1 saturated heterocycles. The van der Waals surface area contributed by atoms with Crippen molar-refractivity contribution in [1.82, 2.24) is 9.88 Å². The summed E-state index contributed by atoms with van der Waals surface area (Å²) in [5.41, 5.74) is 7.52. The molecule has 1 aromatic rings. The summed E-state index contributed by atoms with van der Waals surface area (Å²) >= 11 is 0. The standard InChI is InChI=1S/C17H28FN3/c1-13(16(19)15-6-5-14(18)11-20-15)12-21-9-4-7-17(2,3)8-10-21/h5-6,11,13,16H,4,7-10,12,19H2,1-3H3. The maximum Gasteiger partial charge on any atom is 0.141 e. The summed E-state index contributed by atoms with van der Waals surface area (Å²) in [5, 5.41) is 0. The van der Waals surface area contributed by atoms with Crippen LogP contribution < -0.4 is 5.73 Å². The lowest BCUT2D eigenvalue weighted by atomic mass is 9.85. The van der Waals surface area contributed by atoms with E-state index < -0.39 is 0 Å². The monoisotopic (exact) mass is 293 g/mol. The van der Waals surface area contributed by atoms with Gasteiger partial charge in [0, 0.05) is 6.54 Å². The Kier molecular flexibility index (Phi) is 5.33. The lowest BCUT2D eigenvalue weighted by Crippen LogP contribution is -2.34. The fourth-order valence-electron chi connectivity index (χ4n) is 3.06. The Bertz CT molecular complexity index is 444. The van der Waals surface area contributed by atoms with Crippen LogP contribution in [0.2, 0.25) is 0 Å². The summed E-state index contributed by atoms with van der Waals surface area (Å²) < 4.78 is 12.9. The molecule has 21 heavy (non-hydrogen) atoms. The molecule has 118 valence electrons. The van der Waals surface area contributed by atoms with E-state index in [0.29, 0.717) is 11.3 Å². The summed E-state index contributed by atoms with van der Waals surface area (Å²) in [7, 11) is 0. The van der Waals surface area contributed by atoms with Crippen LogP contribution in [-0.2, 0) is 0 Å². The molecule has 1 aromatic heterocycles. The molecule has 1 aliphatic heterocycles. The van der Waals surface area contributed by atoms with E-state index in [-0.39, 0.29) is 11.9 Å². The minimum Gasteiger partial charge on any atom is -0.322 e. The molecule has 2 atom stereocenters. The van der Waals surface area contributed by atoms with Crippen molar-refractivity contribution in [2.45, 2.75) is 46.1 Å². The van der Waals surface area contributed by atoms with Crippen molar-refractivity contribution in [3.63, 3.8) is 0 Å². The average Bonchev–Trinajstić information content (AvgIpc) is 2.60. The van der Waals surface area contributed by atoms with E-state index >= 15 is 0 Å². The number of rotatable bonds is 4. The van der Waals surface area contributed by atoms with Crippen molar-refractivity contribution in [2.24, 2.45) is 17.1 Å². The molecule has 0 bridgehead atoms. The highest BCUT2D eigenvalue weighted by molar-refractivity contribution is 5.10. The predicted octanol–water partition coefficient (Wildman–Crippen LogP) is 3.37. The number of nitrogens with zero attached hydrogens (tertiary/aromatic N) is 2. The maximum absolute atomic E-state index is 12.9. The molecule has 2 heterocycles. The number of halogens is 1. The zero-order valence-electron chi connectivity index (χ0n) is 13.5. The van der Waals surface area contributed by atoms with Gasteiger partial charge >= 0.3 is 0 Å². The summed E-state index contributed by atoms with van der Waals surface area (Å²) in [6, 6.07) is 2.99. The van der Waals surface area contributed by atoms with Gasteiger partial charge in [0.15, 0.2) is 0 Å². The Hall–Kier alpha value is -1.00. The number of pyridine rings is 1. The SMILES string of the molecule is CC(CN1CCCC(C)(C)CC1)C(N)c1ccc(F)cn1. The molecule has 4 heteroatoms. The van der Waals surface area contributed by atoms with Gasteiger partial charge in [-0.15, -0.1) is 0 Å². The Morgan fingerprint density at radius 1 is 1.33 bits per heavy atom. The molecule has 2 unspecified atom stereocenters. The van der Waals surface area contributed by atoms with Crippen LogP contribution in [0.25, 0.3) is 0 Å². The summed E-state index contributed by atoms with van der Waals surface area (Å²) in [6.45, 7) is 10.1. The van der Waals surface area contributed by atoms with Gasteiger partial charge in [-0.1, -0.05) is 20.8 Å². The van der Waals surface area contributed by atoms with E-state index in [2.05, 4.69) is 30.7 Å². The Labute approximate surface area is 127 Å². The lowest BCUT2D eigenvalue weighted by molar-refractivity contribution is 0.218. The van der Waals surface area contributed by atoms with Gasteiger partial charge in [0.1, 0.15) is 5.82 Å². The second kappa shape index (κ2) is 6.84. The van der Waals surface area contributed by atoms with E-state index in [4.69, 9.17) is 5.73 Å². The number of hydrogen-bond acceptors (Lipinski definition) is 3. The zero-order valence-corrected chi connectivity index (χ0v) is 13.5. The number of likely N-dealkylation sites (tertiary alicyclic amines) is 1. The molecule has 0 aliphatic carbocycles. The van der Waals surface area contributed by atoms with Gasteiger partial charge < -0.3 is 10.6 Å². The minimum absolute atomic E-state index is 0.137. The van der Waals surface area contributed by atoms with Gasteiger partial charge in [-0.3, -0.25) is 4.98 Å². The number of aromatic nitrogens is 1. The Morgan fingerprint density at radius 3 is 2.76 bits per heavy atom. The number of nitrogens with two attached hydrogens (primary N) is 1. The Balaban J connectivity index is 1.91. The third-order valence-corrected chi connectivity index (χ3v) is 4.68. The lowest BCUT2D eigenvalue weighted by Gasteiger charge is -2.28. The molecule has 0 amide bonds. The van der Waals surface area contributed by atoms with Crippen molar-refractivity contribution >= 4 is 0 Å². The molecule has 0 radical (unpaired) electrons. The predicted molar refractivity (Wildman–Crippen MR) is 84.4 cm³/mol. The molecular formula is C17H28FN3. The van der Waals surface area contributed by atoms with E-state index in [1.54, 1.807) is 6.07 Å². The fraction of sp³-hybridized carbons (Fsp3) is 0.706. The first-order valence-corrected chi connectivity index (χ1v) is 7.97. The van der Waals surface area contributed by atoms with Crippen LogP contribution in [-0.4, -0.2) is 29.5 Å². The van der Waals surface area contributed by atoms with E-state index in [0.717, 1.165) is 25.3 Å². The maximum atomic E-state index is 12.9. The smallest absolute Gasteiger partial charge is 0.141 e. The summed E-state index contributed by atoms with van der Waals surface area (Å²) in [4.78, 5) is 6.63. The molecule has 2 rings (SSSR count). The van der Waals surface area contributed by atoms with E-state index in [1.165, 1.54) is 31.5 Å². The van der Waals surface area contributed by atoms with Gasteiger partial charge in [0.05, 0.1) is 17.9 Å². The van der Waals surface area contributed by atoms with Crippen molar-refractivity contribution < 1.29 is 4.39 Å². The molecule has 3 nitrogen and oxygen atoms in total. The van der Waals surface area contributed by atoms with Crippen LogP contribution in [0.4, 0.5) is 4.39 Å². The Morgan fingerprint density at radius 2 is 2.10 bits per heavy atom. The van der Waals surface area contributed by atoms with Gasteiger partial charge in [0.2, 0.25) is 0 Å². The largest absolute Gasteiger partial charge is 0.322 e. The molecule has 2 N–H and O–H groups in total. The van der Waals surface area contributed by atoms with Crippen molar-refractivity contribution in [3.05, 3.63) is 29.8 Å². The van der Waals surface area contributed by atoms with Crippen molar-refractivity contribution in [2.75, 3.05) is 19.6 Å². The van der Waals surface area contributed by atoms with Gasteiger partial charge in [0.25, 0.3) is 0 Å². The zero-order chi connectivity index (χ0) is 15.5. The van der Waals surface area contributed by atoms with Gasteiger partial charge in [-0.05, 0) is 55.8 Å². The first-order valence-electron chi connectivity index (χ1n) is 7.97. The normalized spacial score (nSPS) is 22.5. The second-order valence-electron chi connectivity index (χ2n) is 7.22. The van der Waals surface area contributed by atoms with Crippen LogP contribution in [0.5, 0.6) is 0 Å². The molecule has 1 fully saturated rings. The quantitative estimate of drug-likeness (QED) is 0.925. The van der Waals surface area contributed by atoms with Crippen LogP contribution in [0, 0.1) is 17.2 Å². The van der Waals surface area contributed by atoms with Gasteiger partial charge in [-0.25, -0.2) is 4.39 Å². The highest BCUT2D eigenvalue weighted by Gasteiger charge is 2.25. The molecular weight excluding hydrogens is 265 g/mol. The third kappa shape index (κ3) is 4.75. The van der Waals surface area contributed by atoms with E-state index in [1.807, 2.05) is 0 Å². The number of hydrogen-bond donors (Lipinski definition) is 1. The van der Waals surface area contributed by atoms with E-state index in [9.17, 15) is 4.39 Å². The molecule has 0 spiro atoms. The van der Waals surface area contributed by atoms with Crippen molar-refractivity contribution in [1.29, 1.82) is 0 Å². The molecule has 1 aliphatic rings. The fourth-order valence-corrected chi connectivity index (χ4v) is 3.06. The van der Waals surface area contributed by atoms with Crippen LogP contribution in [0.3, 0.4) is 0 Å². The minimum atomic E-state index is -0.312. The molecule has 0 saturated carbocycles. The summed E-state index contributed by atoms with van der Waals surface area (Å²) in [5.74, 6) is -0.00229. The van der Waals surface area contributed by atoms with Gasteiger partial charge in [-0.2, -0.15) is 0 Å². The average molecular weight is 293 g/mol.